The summed E-state index contributed by atoms with van der Waals surface area (Å²) in [5, 5.41) is 3.49. The number of hydrogen-bond donors (Lipinski definition) is 1. The van der Waals surface area contributed by atoms with Crippen LogP contribution in [-0.2, 0) is 9.47 Å². The molecule has 114 valence electrons. The van der Waals surface area contributed by atoms with Gasteiger partial charge in [-0.1, -0.05) is 20.8 Å². The molecule has 1 rings (SSSR count). The molecule has 3 nitrogen and oxygen atoms in total. The van der Waals surface area contributed by atoms with Crippen molar-refractivity contribution in [2.24, 2.45) is 11.3 Å². The van der Waals surface area contributed by atoms with Gasteiger partial charge in [-0.3, -0.25) is 0 Å². The van der Waals surface area contributed by atoms with Gasteiger partial charge < -0.3 is 14.8 Å². The minimum absolute atomic E-state index is 0.0561. The Morgan fingerprint density at radius 2 is 1.74 bits per heavy atom. The molecule has 0 spiro atoms. The molecular formula is C16H33NO2. The van der Waals surface area contributed by atoms with Crippen molar-refractivity contribution in [2.75, 3.05) is 14.2 Å². The Hall–Kier alpha value is -0.120. The van der Waals surface area contributed by atoms with E-state index in [1.54, 1.807) is 0 Å². The Morgan fingerprint density at radius 1 is 1.21 bits per heavy atom. The molecule has 0 aliphatic carbocycles. The summed E-state index contributed by atoms with van der Waals surface area (Å²) < 4.78 is 12.1. The van der Waals surface area contributed by atoms with Crippen LogP contribution >= 0.6 is 0 Å². The SMILES string of the molecule is CNC(C(OC)C(C)(C)C)C1CC(C)(C)OC1(C)C. The average molecular weight is 271 g/mol. The van der Waals surface area contributed by atoms with Gasteiger partial charge in [0.2, 0.25) is 0 Å². The van der Waals surface area contributed by atoms with E-state index in [0.29, 0.717) is 12.0 Å². The predicted molar refractivity (Wildman–Crippen MR) is 80.4 cm³/mol. The number of nitrogens with one attached hydrogen (secondary N) is 1. The number of methoxy groups -OCH3 is 1. The van der Waals surface area contributed by atoms with Crippen LogP contribution in [0.4, 0.5) is 0 Å². The summed E-state index contributed by atoms with van der Waals surface area (Å²) in [5.74, 6) is 0.441. The van der Waals surface area contributed by atoms with Crippen molar-refractivity contribution in [2.45, 2.75) is 78.2 Å². The van der Waals surface area contributed by atoms with Gasteiger partial charge in [0.1, 0.15) is 0 Å². The average Bonchev–Trinajstić information content (AvgIpc) is 2.40. The van der Waals surface area contributed by atoms with Crippen molar-refractivity contribution in [1.82, 2.24) is 5.32 Å². The summed E-state index contributed by atoms with van der Waals surface area (Å²) in [6.07, 6.45) is 1.22. The minimum atomic E-state index is -0.126. The second kappa shape index (κ2) is 5.34. The summed E-state index contributed by atoms with van der Waals surface area (Å²) in [5.41, 5.74) is -0.0795. The number of rotatable bonds is 4. The van der Waals surface area contributed by atoms with E-state index >= 15 is 0 Å². The second-order valence-corrected chi connectivity index (χ2v) is 8.11. The van der Waals surface area contributed by atoms with Crippen molar-refractivity contribution in [3.63, 3.8) is 0 Å². The molecule has 3 heteroatoms. The zero-order chi connectivity index (χ0) is 15.1. The largest absolute Gasteiger partial charge is 0.379 e. The normalized spacial score (nSPS) is 29.2. The van der Waals surface area contributed by atoms with Gasteiger partial charge in [0.25, 0.3) is 0 Å². The van der Waals surface area contributed by atoms with Crippen molar-refractivity contribution in [3.8, 4) is 0 Å². The van der Waals surface area contributed by atoms with Gasteiger partial charge in [-0.15, -0.1) is 0 Å². The Morgan fingerprint density at radius 3 is 2.00 bits per heavy atom. The van der Waals surface area contributed by atoms with Gasteiger partial charge in [0.05, 0.1) is 17.3 Å². The highest BCUT2D eigenvalue weighted by molar-refractivity contribution is 5.03. The van der Waals surface area contributed by atoms with Crippen molar-refractivity contribution >= 4 is 0 Å². The van der Waals surface area contributed by atoms with Crippen LogP contribution in [0.2, 0.25) is 0 Å². The Balaban J connectivity index is 3.03. The van der Waals surface area contributed by atoms with E-state index in [4.69, 9.17) is 9.47 Å². The molecule has 1 aliphatic rings. The second-order valence-electron chi connectivity index (χ2n) is 8.11. The molecule has 19 heavy (non-hydrogen) atoms. The Labute approximate surface area is 119 Å². The standard InChI is InChI=1S/C16H33NO2/c1-14(2,3)13(18-9)12(17-8)11-10-15(4,5)19-16(11,6)7/h11-13,17H,10H2,1-9H3. The first-order chi connectivity index (χ1) is 8.44. The third-order valence-corrected chi connectivity index (χ3v) is 4.34. The maximum absolute atomic E-state index is 6.24. The lowest BCUT2D eigenvalue weighted by Crippen LogP contribution is -2.54. The third-order valence-electron chi connectivity index (χ3n) is 4.34. The lowest BCUT2D eigenvalue weighted by Gasteiger charge is -2.42. The van der Waals surface area contributed by atoms with E-state index in [9.17, 15) is 0 Å². The van der Waals surface area contributed by atoms with Gasteiger partial charge in [-0.25, -0.2) is 0 Å². The van der Waals surface area contributed by atoms with Gasteiger partial charge >= 0.3 is 0 Å². The fraction of sp³-hybridized carbons (Fsp3) is 1.00. The highest BCUT2D eigenvalue weighted by atomic mass is 16.5. The molecule has 0 aromatic heterocycles. The first-order valence-electron chi connectivity index (χ1n) is 7.35. The molecular weight excluding hydrogens is 238 g/mol. The predicted octanol–water partition coefficient (Wildman–Crippen LogP) is 3.23. The number of likely N-dealkylation sites (N-methyl/N-ethyl adjacent to an activating group) is 1. The highest BCUT2D eigenvalue weighted by Gasteiger charge is 2.51. The molecule has 0 bridgehead atoms. The van der Waals surface area contributed by atoms with Gasteiger partial charge in [-0.05, 0) is 46.6 Å². The topological polar surface area (TPSA) is 30.5 Å². The molecule has 1 aliphatic heterocycles. The molecule has 0 saturated carbocycles. The van der Waals surface area contributed by atoms with E-state index in [1.807, 2.05) is 14.2 Å². The zero-order valence-corrected chi connectivity index (χ0v) is 14.3. The van der Waals surface area contributed by atoms with Crippen LogP contribution in [0.15, 0.2) is 0 Å². The van der Waals surface area contributed by atoms with Gasteiger partial charge in [-0.2, -0.15) is 0 Å². The van der Waals surface area contributed by atoms with Crippen molar-refractivity contribution in [3.05, 3.63) is 0 Å². The van der Waals surface area contributed by atoms with Crippen LogP contribution in [0.1, 0.15) is 54.9 Å². The molecule has 0 aromatic rings. The fourth-order valence-electron chi connectivity index (χ4n) is 3.77. The van der Waals surface area contributed by atoms with E-state index < -0.39 is 0 Å². The van der Waals surface area contributed by atoms with Crippen LogP contribution in [-0.4, -0.2) is 37.5 Å². The van der Waals surface area contributed by atoms with Crippen LogP contribution < -0.4 is 5.32 Å². The summed E-state index contributed by atoms with van der Waals surface area (Å²) in [6, 6.07) is 0.293. The molecule has 1 N–H and O–H groups in total. The van der Waals surface area contributed by atoms with Crippen molar-refractivity contribution < 1.29 is 9.47 Å². The van der Waals surface area contributed by atoms with Crippen LogP contribution in [0.25, 0.3) is 0 Å². The monoisotopic (exact) mass is 271 g/mol. The lowest BCUT2D eigenvalue weighted by molar-refractivity contribution is -0.0918. The molecule has 1 fully saturated rings. The van der Waals surface area contributed by atoms with Crippen LogP contribution in [0.3, 0.4) is 0 Å². The lowest BCUT2D eigenvalue weighted by atomic mass is 9.73. The Bertz CT molecular complexity index is 304. The first-order valence-corrected chi connectivity index (χ1v) is 7.35. The van der Waals surface area contributed by atoms with Gasteiger partial charge in [0.15, 0.2) is 0 Å². The summed E-state index contributed by atoms with van der Waals surface area (Å²) in [7, 11) is 3.85. The fourth-order valence-corrected chi connectivity index (χ4v) is 3.77. The molecule has 1 heterocycles. The maximum Gasteiger partial charge on any atom is 0.0776 e. The molecule has 0 radical (unpaired) electrons. The Kier molecular flexibility index (Phi) is 4.76. The first kappa shape index (κ1) is 16.9. The molecule has 0 aromatic carbocycles. The van der Waals surface area contributed by atoms with E-state index in [2.05, 4.69) is 53.8 Å². The van der Waals surface area contributed by atoms with Crippen molar-refractivity contribution in [1.29, 1.82) is 0 Å². The van der Waals surface area contributed by atoms with Gasteiger partial charge in [0, 0.05) is 19.1 Å². The highest BCUT2D eigenvalue weighted by Crippen LogP contribution is 2.45. The smallest absolute Gasteiger partial charge is 0.0776 e. The van der Waals surface area contributed by atoms with E-state index in [1.165, 1.54) is 0 Å². The molecule has 3 atom stereocenters. The summed E-state index contributed by atoms with van der Waals surface area (Å²) in [4.78, 5) is 0. The van der Waals surface area contributed by atoms with Crippen LogP contribution in [0, 0.1) is 11.3 Å². The maximum atomic E-state index is 6.24. The van der Waals surface area contributed by atoms with E-state index in [0.717, 1.165) is 6.42 Å². The quantitative estimate of drug-likeness (QED) is 0.851. The molecule has 0 amide bonds. The minimum Gasteiger partial charge on any atom is -0.379 e. The van der Waals surface area contributed by atoms with E-state index in [-0.39, 0.29) is 22.7 Å². The zero-order valence-electron chi connectivity index (χ0n) is 14.3. The third kappa shape index (κ3) is 3.71. The summed E-state index contributed by atoms with van der Waals surface area (Å²) >= 11 is 0. The molecule has 1 saturated heterocycles. The number of ether oxygens (including phenoxy) is 2. The molecule has 3 unspecified atom stereocenters. The number of hydrogen-bond acceptors (Lipinski definition) is 3. The summed E-state index contributed by atoms with van der Waals surface area (Å²) in [6.45, 7) is 15.5. The van der Waals surface area contributed by atoms with Crippen LogP contribution in [0.5, 0.6) is 0 Å².